The number of aromatic nitrogens is 1. The highest BCUT2D eigenvalue weighted by Crippen LogP contribution is 2.33. The van der Waals surface area contributed by atoms with Crippen molar-refractivity contribution in [3.05, 3.63) is 34.5 Å². The van der Waals surface area contributed by atoms with E-state index in [0.29, 0.717) is 29.3 Å². The lowest BCUT2D eigenvalue weighted by atomic mass is 10.0. The van der Waals surface area contributed by atoms with Gasteiger partial charge in [0.25, 0.3) is 0 Å². The zero-order valence-corrected chi connectivity index (χ0v) is 12.4. The molecule has 2 heterocycles. The van der Waals surface area contributed by atoms with E-state index >= 15 is 0 Å². The van der Waals surface area contributed by atoms with E-state index in [-0.39, 0.29) is 5.69 Å². The normalized spacial score (nSPS) is 15.4. The molecule has 6 heteroatoms. The van der Waals surface area contributed by atoms with Crippen LogP contribution < -0.4 is 4.90 Å². The third-order valence-electron chi connectivity index (χ3n) is 3.69. The molecule has 21 heavy (non-hydrogen) atoms. The molecule has 1 aliphatic heterocycles. The number of hydrogen-bond donors (Lipinski definition) is 1. The molecule has 110 valence electrons. The van der Waals surface area contributed by atoms with E-state index in [4.69, 9.17) is 16.3 Å². The standard InChI is InChI=1S/C15H15ClN2O3/c1-9-13(15(19)20)17-12-8-10(16)2-3-11(12)14(9)18-4-6-21-7-5-18/h2-3,8H,4-7H2,1H3,(H,19,20). The molecule has 0 atom stereocenters. The Morgan fingerprint density at radius 2 is 2.10 bits per heavy atom. The van der Waals surface area contributed by atoms with Crippen molar-refractivity contribution in [1.82, 2.24) is 4.98 Å². The van der Waals surface area contributed by atoms with Crippen LogP contribution in [0.4, 0.5) is 5.69 Å². The maximum absolute atomic E-state index is 11.4. The van der Waals surface area contributed by atoms with Gasteiger partial charge in [-0.3, -0.25) is 0 Å². The first-order valence-corrected chi connectivity index (χ1v) is 7.11. The van der Waals surface area contributed by atoms with Gasteiger partial charge in [-0.2, -0.15) is 0 Å². The molecule has 0 radical (unpaired) electrons. The second kappa shape index (κ2) is 5.50. The summed E-state index contributed by atoms with van der Waals surface area (Å²) in [7, 11) is 0. The molecule has 0 spiro atoms. The number of fused-ring (bicyclic) bond motifs is 1. The molecular weight excluding hydrogens is 292 g/mol. The van der Waals surface area contributed by atoms with Gasteiger partial charge < -0.3 is 14.7 Å². The monoisotopic (exact) mass is 306 g/mol. The summed E-state index contributed by atoms with van der Waals surface area (Å²) in [5.41, 5.74) is 2.27. The van der Waals surface area contributed by atoms with E-state index in [1.165, 1.54) is 0 Å². The van der Waals surface area contributed by atoms with Gasteiger partial charge in [0.15, 0.2) is 5.69 Å². The fraction of sp³-hybridized carbons (Fsp3) is 0.333. The predicted octanol–water partition coefficient (Wildman–Crippen LogP) is 2.73. The molecule has 1 N–H and O–H groups in total. The van der Waals surface area contributed by atoms with Crippen LogP contribution in [-0.4, -0.2) is 42.4 Å². The first-order valence-electron chi connectivity index (χ1n) is 6.74. The highest BCUT2D eigenvalue weighted by atomic mass is 35.5. The average molecular weight is 307 g/mol. The Bertz CT molecular complexity index is 712. The molecule has 3 rings (SSSR count). The molecule has 0 amide bonds. The molecule has 0 unspecified atom stereocenters. The number of anilines is 1. The first-order chi connectivity index (χ1) is 10.1. The quantitative estimate of drug-likeness (QED) is 0.924. The zero-order chi connectivity index (χ0) is 15.0. The number of pyridine rings is 1. The number of ether oxygens (including phenoxy) is 1. The predicted molar refractivity (Wildman–Crippen MR) is 81.5 cm³/mol. The van der Waals surface area contributed by atoms with Crippen molar-refractivity contribution in [2.75, 3.05) is 31.2 Å². The van der Waals surface area contributed by atoms with Crippen molar-refractivity contribution in [3.8, 4) is 0 Å². The third kappa shape index (κ3) is 2.54. The van der Waals surface area contributed by atoms with Crippen LogP contribution in [0.2, 0.25) is 5.02 Å². The van der Waals surface area contributed by atoms with Gasteiger partial charge in [0.05, 0.1) is 24.4 Å². The number of nitrogens with zero attached hydrogens (tertiary/aromatic N) is 2. The summed E-state index contributed by atoms with van der Waals surface area (Å²) in [6.07, 6.45) is 0. The minimum atomic E-state index is -1.02. The van der Waals surface area contributed by atoms with E-state index in [1.54, 1.807) is 19.1 Å². The summed E-state index contributed by atoms with van der Waals surface area (Å²) in [5.74, 6) is -1.02. The molecular formula is C15H15ClN2O3. The minimum absolute atomic E-state index is 0.0752. The Morgan fingerprint density at radius 3 is 2.76 bits per heavy atom. The molecule has 1 aromatic heterocycles. The number of aromatic carboxylic acids is 1. The SMILES string of the molecule is Cc1c(C(=O)O)nc2cc(Cl)ccc2c1N1CCOCC1. The number of morpholine rings is 1. The summed E-state index contributed by atoms with van der Waals surface area (Å²) in [5, 5.41) is 10.8. The topological polar surface area (TPSA) is 62.7 Å². The van der Waals surface area contributed by atoms with E-state index in [2.05, 4.69) is 9.88 Å². The van der Waals surface area contributed by atoms with Crippen molar-refractivity contribution >= 4 is 34.2 Å². The second-order valence-corrected chi connectivity index (χ2v) is 5.44. The number of carboxylic acids is 1. The number of carboxylic acid groups (broad SMARTS) is 1. The molecule has 1 fully saturated rings. The largest absolute Gasteiger partial charge is 0.477 e. The van der Waals surface area contributed by atoms with Gasteiger partial charge in [-0.1, -0.05) is 11.6 Å². The Labute approximate surface area is 127 Å². The van der Waals surface area contributed by atoms with Gasteiger partial charge in [0, 0.05) is 29.1 Å². The Balaban J connectivity index is 2.27. The van der Waals surface area contributed by atoms with Crippen LogP contribution in [0.25, 0.3) is 10.9 Å². The number of rotatable bonds is 2. The summed E-state index contributed by atoms with van der Waals surface area (Å²) < 4.78 is 5.38. The second-order valence-electron chi connectivity index (χ2n) is 5.00. The van der Waals surface area contributed by atoms with Gasteiger partial charge >= 0.3 is 5.97 Å². The van der Waals surface area contributed by atoms with Crippen molar-refractivity contribution in [1.29, 1.82) is 0 Å². The van der Waals surface area contributed by atoms with E-state index in [0.717, 1.165) is 24.2 Å². The fourth-order valence-corrected chi connectivity index (χ4v) is 2.89. The highest BCUT2D eigenvalue weighted by Gasteiger charge is 2.22. The highest BCUT2D eigenvalue weighted by molar-refractivity contribution is 6.31. The fourth-order valence-electron chi connectivity index (χ4n) is 2.72. The van der Waals surface area contributed by atoms with Crippen molar-refractivity contribution in [2.45, 2.75) is 6.92 Å². The zero-order valence-electron chi connectivity index (χ0n) is 11.6. The maximum Gasteiger partial charge on any atom is 0.354 e. The van der Waals surface area contributed by atoms with Crippen molar-refractivity contribution in [3.63, 3.8) is 0 Å². The number of hydrogen-bond acceptors (Lipinski definition) is 4. The van der Waals surface area contributed by atoms with Crippen LogP contribution in [0, 0.1) is 6.92 Å². The first kappa shape index (κ1) is 14.1. The Kier molecular flexibility index (Phi) is 3.69. The lowest BCUT2D eigenvalue weighted by molar-refractivity contribution is 0.0690. The summed E-state index contributed by atoms with van der Waals surface area (Å²) in [4.78, 5) is 17.9. The molecule has 1 aliphatic rings. The summed E-state index contributed by atoms with van der Waals surface area (Å²) in [6.45, 7) is 4.55. The average Bonchev–Trinajstić information content (AvgIpc) is 2.47. The van der Waals surface area contributed by atoms with Crippen LogP contribution in [0.5, 0.6) is 0 Å². The molecule has 1 aromatic carbocycles. The van der Waals surface area contributed by atoms with Gasteiger partial charge in [-0.25, -0.2) is 9.78 Å². The molecule has 1 saturated heterocycles. The third-order valence-corrected chi connectivity index (χ3v) is 3.92. The van der Waals surface area contributed by atoms with Crippen molar-refractivity contribution < 1.29 is 14.6 Å². The summed E-state index contributed by atoms with van der Waals surface area (Å²) >= 11 is 6.01. The molecule has 0 aliphatic carbocycles. The Hall–Kier alpha value is -1.85. The Morgan fingerprint density at radius 1 is 1.38 bits per heavy atom. The van der Waals surface area contributed by atoms with Gasteiger partial charge in [0.2, 0.25) is 0 Å². The van der Waals surface area contributed by atoms with E-state index < -0.39 is 5.97 Å². The molecule has 0 bridgehead atoms. The minimum Gasteiger partial charge on any atom is -0.477 e. The van der Waals surface area contributed by atoms with Crippen LogP contribution in [-0.2, 0) is 4.74 Å². The van der Waals surface area contributed by atoms with E-state index in [1.807, 2.05) is 6.07 Å². The maximum atomic E-state index is 11.4. The van der Waals surface area contributed by atoms with Crippen LogP contribution in [0.3, 0.4) is 0 Å². The van der Waals surface area contributed by atoms with Gasteiger partial charge in [0.1, 0.15) is 0 Å². The number of halogens is 1. The van der Waals surface area contributed by atoms with Gasteiger partial charge in [-0.05, 0) is 25.1 Å². The van der Waals surface area contributed by atoms with Crippen molar-refractivity contribution in [2.24, 2.45) is 0 Å². The van der Waals surface area contributed by atoms with Gasteiger partial charge in [-0.15, -0.1) is 0 Å². The van der Waals surface area contributed by atoms with Crippen LogP contribution in [0.15, 0.2) is 18.2 Å². The van der Waals surface area contributed by atoms with E-state index in [9.17, 15) is 9.90 Å². The summed E-state index contributed by atoms with van der Waals surface area (Å²) in [6, 6.07) is 5.40. The molecule has 0 saturated carbocycles. The number of carbonyl (C=O) groups is 1. The lowest BCUT2D eigenvalue weighted by Crippen LogP contribution is -2.37. The van der Waals surface area contributed by atoms with Crippen LogP contribution >= 0.6 is 11.6 Å². The lowest BCUT2D eigenvalue weighted by Gasteiger charge is -2.31. The smallest absolute Gasteiger partial charge is 0.354 e. The van der Waals surface area contributed by atoms with Crippen LogP contribution in [0.1, 0.15) is 16.1 Å². The number of benzene rings is 1. The molecule has 2 aromatic rings. The molecule has 5 nitrogen and oxygen atoms in total.